The molecule has 0 spiro atoms. The molecule has 2 aromatic carbocycles. The van der Waals surface area contributed by atoms with Crippen molar-refractivity contribution in [1.82, 2.24) is 14.1 Å². The zero-order valence-electron chi connectivity index (χ0n) is 18.8. The van der Waals surface area contributed by atoms with Crippen LogP contribution in [0.5, 0.6) is 0 Å². The predicted molar refractivity (Wildman–Crippen MR) is 123 cm³/mol. The molecule has 184 valence electrons. The van der Waals surface area contributed by atoms with E-state index in [4.69, 9.17) is 0 Å². The van der Waals surface area contributed by atoms with Crippen LogP contribution in [0.1, 0.15) is 18.2 Å². The summed E-state index contributed by atoms with van der Waals surface area (Å²) in [5.74, 6) is 0.972. The van der Waals surface area contributed by atoms with Gasteiger partial charge in [-0.25, -0.2) is 4.98 Å². The van der Waals surface area contributed by atoms with E-state index >= 15 is 0 Å². The summed E-state index contributed by atoms with van der Waals surface area (Å²) in [6.07, 6.45) is -9.15. The van der Waals surface area contributed by atoms with E-state index < -0.39 is 29.2 Å². The first-order valence-corrected chi connectivity index (χ1v) is 11.4. The minimum atomic E-state index is -4.72. The van der Waals surface area contributed by atoms with E-state index in [0.29, 0.717) is 32.8 Å². The van der Waals surface area contributed by atoms with Gasteiger partial charge in [0.1, 0.15) is 17.0 Å². The normalized spacial score (nSPS) is 12.5. The third kappa shape index (κ3) is 4.56. The Morgan fingerprint density at radius 2 is 1.49 bits per heavy atom. The van der Waals surface area contributed by atoms with E-state index in [9.17, 15) is 31.1 Å². The fourth-order valence-electron chi connectivity index (χ4n) is 3.89. The van der Waals surface area contributed by atoms with E-state index in [0.717, 1.165) is 30.1 Å². The van der Waals surface area contributed by atoms with Gasteiger partial charge in [0, 0.05) is 24.6 Å². The van der Waals surface area contributed by atoms with E-state index in [1.54, 1.807) is 25.2 Å². The molecule has 4 aromatic rings. The molecule has 0 saturated carbocycles. The minimum absolute atomic E-state index is 0.0368. The highest BCUT2D eigenvalue weighted by molar-refractivity contribution is 7.99. The number of alkyl halides is 6. The van der Waals surface area contributed by atoms with Gasteiger partial charge in [-0.15, -0.1) is 11.8 Å². The van der Waals surface area contributed by atoms with E-state index in [1.807, 2.05) is 6.92 Å². The number of hydrogen-bond acceptors (Lipinski definition) is 3. The zero-order valence-corrected chi connectivity index (χ0v) is 19.6. The highest BCUT2D eigenvalue weighted by Gasteiger charge is 2.35. The van der Waals surface area contributed by atoms with Crippen molar-refractivity contribution in [2.45, 2.75) is 24.2 Å². The first kappa shape index (κ1) is 24.9. The average molecular weight is 511 g/mol. The minimum Gasteiger partial charge on any atom is -0.323 e. The number of thioether (sulfide) groups is 1. The number of imidazole rings is 1. The van der Waals surface area contributed by atoms with Gasteiger partial charge in [-0.2, -0.15) is 26.3 Å². The second kappa shape index (κ2) is 8.78. The Labute approximate surface area is 200 Å². The van der Waals surface area contributed by atoms with Crippen molar-refractivity contribution in [2.24, 2.45) is 14.1 Å². The number of aryl methyl sites for hydroxylation is 1. The summed E-state index contributed by atoms with van der Waals surface area (Å²) in [6, 6.07) is 10.8. The molecule has 2 aromatic heterocycles. The fourth-order valence-corrected chi connectivity index (χ4v) is 4.73. The maximum atomic E-state index is 13.4. The molecule has 0 atom stereocenters. The van der Waals surface area contributed by atoms with E-state index in [1.165, 1.54) is 28.5 Å². The molecule has 0 radical (unpaired) electrons. The topological polar surface area (TPSA) is 39.8 Å². The van der Waals surface area contributed by atoms with Crippen molar-refractivity contribution in [3.05, 3.63) is 70.1 Å². The lowest BCUT2D eigenvalue weighted by atomic mass is 10.0. The maximum Gasteiger partial charge on any atom is 0.431 e. The number of fused-ring (bicyclic) bond motifs is 1. The molecular weight excluding hydrogens is 492 g/mol. The van der Waals surface area contributed by atoms with Crippen LogP contribution in [0.25, 0.3) is 33.5 Å². The number of aromatic nitrogens is 3. The number of halogens is 6. The first-order chi connectivity index (χ1) is 16.3. The lowest BCUT2D eigenvalue weighted by Gasteiger charge is -2.13. The third-order valence-electron chi connectivity index (χ3n) is 5.62. The Bertz CT molecular complexity index is 1470. The molecule has 0 bridgehead atoms. The van der Waals surface area contributed by atoms with Crippen LogP contribution >= 0.6 is 11.8 Å². The summed E-state index contributed by atoms with van der Waals surface area (Å²) in [4.78, 5) is 17.8. The molecule has 0 fully saturated rings. The summed E-state index contributed by atoms with van der Waals surface area (Å²) < 4.78 is 80.9. The second-order valence-corrected chi connectivity index (χ2v) is 9.14. The summed E-state index contributed by atoms with van der Waals surface area (Å²) in [5, 5.41) is 0. The van der Waals surface area contributed by atoms with Crippen LogP contribution in [0.4, 0.5) is 26.3 Å². The number of benzene rings is 2. The van der Waals surface area contributed by atoms with Crippen molar-refractivity contribution in [2.75, 3.05) is 5.75 Å². The summed E-state index contributed by atoms with van der Waals surface area (Å²) in [7, 11) is 2.62. The molecule has 0 N–H and O–H groups in total. The fraction of sp³-hybridized carbons (Fsp3) is 0.250. The Morgan fingerprint density at radius 3 is 2.06 bits per heavy atom. The van der Waals surface area contributed by atoms with Crippen LogP contribution in [-0.4, -0.2) is 19.9 Å². The molecule has 0 amide bonds. The molecule has 35 heavy (non-hydrogen) atoms. The zero-order chi connectivity index (χ0) is 25.7. The quantitative estimate of drug-likeness (QED) is 0.225. The van der Waals surface area contributed by atoms with Crippen LogP contribution < -0.4 is 5.56 Å². The van der Waals surface area contributed by atoms with Crippen LogP contribution in [0.3, 0.4) is 0 Å². The summed E-state index contributed by atoms with van der Waals surface area (Å²) in [6.45, 7) is 1.92. The highest BCUT2D eigenvalue weighted by Crippen LogP contribution is 2.37. The SMILES string of the molecule is CCSc1cc(-c2ccc(C(F)(F)F)cc2)ccc1-c1nc2cc(C(F)(F)F)n(C)c(=O)c2n1C. The second-order valence-electron chi connectivity index (χ2n) is 7.84. The van der Waals surface area contributed by atoms with Gasteiger partial charge in [-0.05, 0) is 47.2 Å². The van der Waals surface area contributed by atoms with Gasteiger partial charge in [0.05, 0.1) is 11.1 Å². The highest BCUT2D eigenvalue weighted by atomic mass is 32.2. The van der Waals surface area contributed by atoms with Gasteiger partial charge in [0.15, 0.2) is 0 Å². The molecule has 0 unspecified atom stereocenters. The third-order valence-corrected chi connectivity index (χ3v) is 6.56. The molecule has 11 heteroatoms. The molecule has 0 saturated heterocycles. The van der Waals surface area contributed by atoms with Gasteiger partial charge >= 0.3 is 12.4 Å². The predicted octanol–water partition coefficient (Wildman–Crippen LogP) is 6.76. The van der Waals surface area contributed by atoms with E-state index in [2.05, 4.69) is 4.98 Å². The molecule has 4 rings (SSSR count). The van der Waals surface area contributed by atoms with Gasteiger partial charge in [-0.3, -0.25) is 4.79 Å². The molecule has 0 aliphatic heterocycles. The van der Waals surface area contributed by atoms with Gasteiger partial charge in [0.25, 0.3) is 5.56 Å². The number of hydrogen-bond donors (Lipinski definition) is 0. The van der Waals surface area contributed by atoms with Gasteiger partial charge in [-0.1, -0.05) is 25.1 Å². The van der Waals surface area contributed by atoms with Crippen molar-refractivity contribution in [3.63, 3.8) is 0 Å². The van der Waals surface area contributed by atoms with Crippen LogP contribution in [0.15, 0.2) is 58.2 Å². The Balaban J connectivity index is 1.85. The Kier molecular flexibility index (Phi) is 6.25. The molecule has 0 aliphatic rings. The lowest BCUT2D eigenvalue weighted by molar-refractivity contribution is -0.143. The number of pyridine rings is 1. The van der Waals surface area contributed by atoms with Gasteiger partial charge in [0.2, 0.25) is 0 Å². The average Bonchev–Trinajstić information content (AvgIpc) is 3.11. The maximum absolute atomic E-state index is 13.4. The van der Waals surface area contributed by atoms with Crippen molar-refractivity contribution < 1.29 is 26.3 Å². The lowest BCUT2D eigenvalue weighted by Crippen LogP contribution is -2.26. The number of nitrogens with zero attached hydrogens (tertiary/aromatic N) is 3. The molecule has 2 heterocycles. The summed E-state index contributed by atoms with van der Waals surface area (Å²) in [5.41, 5.74) is -0.847. The van der Waals surface area contributed by atoms with Crippen LogP contribution in [0, 0.1) is 0 Å². The Hall–Kier alpha value is -3.21. The van der Waals surface area contributed by atoms with E-state index in [-0.39, 0.29) is 11.0 Å². The van der Waals surface area contributed by atoms with Crippen LogP contribution in [-0.2, 0) is 26.4 Å². The summed E-state index contributed by atoms with van der Waals surface area (Å²) >= 11 is 1.45. The smallest absolute Gasteiger partial charge is 0.323 e. The van der Waals surface area contributed by atoms with Crippen molar-refractivity contribution in [3.8, 4) is 22.5 Å². The molecule has 4 nitrogen and oxygen atoms in total. The molecule has 0 aliphatic carbocycles. The van der Waals surface area contributed by atoms with Crippen LogP contribution in [0.2, 0.25) is 0 Å². The number of rotatable bonds is 4. The monoisotopic (exact) mass is 511 g/mol. The Morgan fingerprint density at radius 1 is 0.857 bits per heavy atom. The molecular formula is C24H19F6N3OS. The van der Waals surface area contributed by atoms with Crippen molar-refractivity contribution >= 4 is 22.8 Å². The standard InChI is InChI=1S/C24H19F6N3OS/c1-4-35-18-11-14(13-5-8-15(9-6-13)23(25,26)27)7-10-16(18)21-31-17-12-19(24(28,29)30)32(2)22(34)20(17)33(21)3/h5-12H,4H2,1-3H3. The van der Waals surface area contributed by atoms with Crippen molar-refractivity contribution in [1.29, 1.82) is 0 Å². The largest absolute Gasteiger partial charge is 0.431 e. The first-order valence-electron chi connectivity index (χ1n) is 10.4. The van der Waals surface area contributed by atoms with Gasteiger partial charge < -0.3 is 9.13 Å².